The van der Waals surface area contributed by atoms with E-state index in [1.807, 2.05) is 13.8 Å². The van der Waals surface area contributed by atoms with Crippen LogP contribution >= 0.6 is 15.9 Å². The molecule has 1 aromatic rings. The predicted molar refractivity (Wildman–Crippen MR) is 104 cm³/mol. The fourth-order valence-electron chi connectivity index (χ4n) is 6.51. The number of ether oxygens (including phenoxy) is 3. The van der Waals surface area contributed by atoms with Crippen LogP contribution in [0.4, 0.5) is 0 Å². The highest BCUT2D eigenvalue weighted by atomic mass is 79.9. The van der Waals surface area contributed by atoms with Gasteiger partial charge in [0.15, 0.2) is 5.79 Å². The van der Waals surface area contributed by atoms with Gasteiger partial charge in [0.1, 0.15) is 18.5 Å². The van der Waals surface area contributed by atoms with Gasteiger partial charge in [-0.2, -0.15) is 0 Å². The summed E-state index contributed by atoms with van der Waals surface area (Å²) in [5.41, 5.74) is 1.77. The maximum atomic E-state index is 6.33. The van der Waals surface area contributed by atoms with Crippen molar-refractivity contribution in [1.82, 2.24) is 0 Å². The molecule has 0 N–H and O–H groups in total. The van der Waals surface area contributed by atoms with E-state index in [-0.39, 0.29) is 6.10 Å². The molecule has 142 valence electrons. The minimum absolute atomic E-state index is 0.0119. The van der Waals surface area contributed by atoms with Crippen molar-refractivity contribution in [2.45, 2.75) is 69.7 Å². The second-order valence-electron chi connectivity index (χ2n) is 9.60. The smallest absolute Gasteiger partial charge is 0.163 e. The number of hydrogen-bond donors (Lipinski definition) is 0. The molecule has 0 radical (unpaired) electrons. The van der Waals surface area contributed by atoms with E-state index in [1.165, 1.54) is 44.1 Å². The predicted octanol–water partition coefficient (Wildman–Crippen LogP) is 5.45. The lowest BCUT2D eigenvalue weighted by Gasteiger charge is -2.57. The van der Waals surface area contributed by atoms with E-state index in [0.717, 1.165) is 28.0 Å². The zero-order chi connectivity index (χ0) is 17.9. The van der Waals surface area contributed by atoms with Gasteiger partial charge in [-0.3, -0.25) is 0 Å². The summed E-state index contributed by atoms with van der Waals surface area (Å²) in [6.07, 6.45) is 8.45. The Morgan fingerprint density at radius 2 is 1.73 bits per heavy atom. The average molecular weight is 421 g/mol. The third-order valence-corrected chi connectivity index (χ3v) is 7.54. The molecule has 5 aliphatic rings. The molecule has 0 amide bonds. The van der Waals surface area contributed by atoms with E-state index >= 15 is 0 Å². The van der Waals surface area contributed by atoms with Gasteiger partial charge in [-0.15, -0.1) is 0 Å². The minimum atomic E-state index is -0.490. The fraction of sp³-hybridized carbons (Fsp3) is 0.727. The summed E-state index contributed by atoms with van der Waals surface area (Å²) in [7, 11) is 0. The third-order valence-electron chi connectivity index (χ3n) is 7.04. The van der Waals surface area contributed by atoms with Crippen LogP contribution in [0.15, 0.2) is 22.7 Å². The van der Waals surface area contributed by atoms with Gasteiger partial charge < -0.3 is 14.2 Å². The zero-order valence-corrected chi connectivity index (χ0v) is 17.4. The normalized spacial score (nSPS) is 40.1. The monoisotopic (exact) mass is 420 g/mol. The molecule has 5 fully saturated rings. The van der Waals surface area contributed by atoms with Crippen molar-refractivity contribution in [3.05, 3.63) is 28.2 Å². The topological polar surface area (TPSA) is 27.7 Å². The molecular weight excluding hydrogens is 392 g/mol. The molecule has 1 saturated heterocycles. The highest BCUT2D eigenvalue weighted by molar-refractivity contribution is 9.10. The standard InChI is InChI=1S/C22H29BrO3/c1-21(2)25-13-18(26-21)12-24-20-4-3-17(23)8-19(20)22-9-14-5-15(10-22)7-16(6-14)11-22/h3-4,8,14-16,18H,5-7,9-13H2,1-2H3. The Labute approximate surface area is 164 Å². The van der Waals surface area contributed by atoms with Gasteiger partial charge in [0, 0.05) is 10.0 Å². The Hall–Kier alpha value is -0.580. The van der Waals surface area contributed by atoms with Crippen LogP contribution in [0.2, 0.25) is 0 Å². The second kappa shape index (κ2) is 6.22. The molecule has 26 heavy (non-hydrogen) atoms. The first kappa shape index (κ1) is 17.5. The van der Waals surface area contributed by atoms with E-state index < -0.39 is 5.79 Å². The molecule has 0 spiro atoms. The Morgan fingerprint density at radius 3 is 2.31 bits per heavy atom. The Bertz CT molecular complexity index is 663. The van der Waals surface area contributed by atoms with Crippen LogP contribution in [0.1, 0.15) is 57.9 Å². The summed E-state index contributed by atoms with van der Waals surface area (Å²) in [6, 6.07) is 6.59. The van der Waals surface area contributed by atoms with Crippen molar-refractivity contribution in [3.63, 3.8) is 0 Å². The van der Waals surface area contributed by atoms with Gasteiger partial charge in [0.05, 0.1) is 6.61 Å². The molecular formula is C22H29BrO3. The van der Waals surface area contributed by atoms with Crippen LogP contribution in [0.3, 0.4) is 0 Å². The van der Waals surface area contributed by atoms with Gasteiger partial charge >= 0.3 is 0 Å². The van der Waals surface area contributed by atoms with Gasteiger partial charge in [-0.05, 0) is 93.7 Å². The van der Waals surface area contributed by atoms with Crippen LogP contribution in [-0.2, 0) is 14.9 Å². The highest BCUT2D eigenvalue weighted by Gasteiger charge is 2.52. The average Bonchev–Trinajstić information content (AvgIpc) is 2.91. The summed E-state index contributed by atoms with van der Waals surface area (Å²) in [5.74, 6) is 3.36. The van der Waals surface area contributed by atoms with Gasteiger partial charge in [0.25, 0.3) is 0 Å². The van der Waals surface area contributed by atoms with Crippen LogP contribution in [0.5, 0.6) is 5.75 Å². The molecule has 4 heteroatoms. The lowest BCUT2D eigenvalue weighted by Crippen LogP contribution is -2.48. The molecule has 1 aliphatic heterocycles. The van der Waals surface area contributed by atoms with E-state index in [2.05, 4.69) is 34.1 Å². The Kier molecular flexibility index (Phi) is 4.19. The molecule has 4 bridgehead atoms. The van der Waals surface area contributed by atoms with Gasteiger partial charge in [0.2, 0.25) is 0 Å². The van der Waals surface area contributed by atoms with E-state index in [1.54, 1.807) is 0 Å². The first-order chi connectivity index (χ1) is 12.4. The molecule has 3 nitrogen and oxygen atoms in total. The van der Waals surface area contributed by atoms with Crippen LogP contribution in [0.25, 0.3) is 0 Å². The summed E-state index contributed by atoms with van der Waals surface area (Å²) in [6.45, 7) is 5.10. The third kappa shape index (κ3) is 3.12. The zero-order valence-electron chi connectivity index (χ0n) is 15.8. The molecule has 0 aromatic heterocycles. The van der Waals surface area contributed by atoms with Crippen molar-refractivity contribution in [2.24, 2.45) is 17.8 Å². The second-order valence-corrected chi connectivity index (χ2v) is 10.5. The highest BCUT2D eigenvalue weighted by Crippen LogP contribution is 2.62. The van der Waals surface area contributed by atoms with E-state index in [4.69, 9.17) is 14.2 Å². The lowest BCUT2D eigenvalue weighted by molar-refractivity contribution is -0.141. The summed E-state index contributed by atoms with van der Waals surface area (Å²) < 4.78 is 19.1. The largest absolute Gasteiger partial charge is 0.490 e. The molecule has 6 rings (SSSR count). The van der Waals surface area contributed by atoms with Gasteiger partial charge in [-0.1, -0.05) is 15.9 Å². The first-order valence-electron chi connectivity index (χ1n) is 10.2. The maximum absolute atomic E-state index is 6.33. The summed E-state index contributed by atoms with van der Waals surface area (Å²) in [5, 5.41) is 0. The lowest BCUT2D eigenvalue weighted by atomic mass is 9.48. The molecule has 4 aliphatic carbocycles. The maximum Gasteiger partial charge on any atom is 0.163 e. The number of halogens is 1. The molecule has 4 saturated carbocycles. The number of rotatable bonds is 4. The van der Waals surface area contributed by atoms with Gasteiger partial charge in [-0.25, -0.2) is 0 Å². The van der Waals surface area contributed by atoms with Crippen molar-refractivity contribution >= 4 is 15.9 Å². The Morgan fingerprint density at radius 1 is 1.08 bits per heavy atom. The number of hydrogen-bond acceptors (Lipinski definition) is 3. The van der Waals surface area contributed by atoms with Crippen molar-refractivity contribution in [1.29, 1.82) is 0 Å². The quantitative estimate of drug-likeness (QED) is 0.647. The summed E-state index contributed by atoms with van der Waals surface area (Å²) in [4.78, 5) is 0. The van der Waals surface area contributed by atoms with Crippen LogP contribution < -0.4 is 4.74 Å². The first-order valence-corrected chi connectivity index (χ1v) is 10.9. The minimum Gasteiger partial charge on any atom is -0.490 e. The van der Waals surface area contributed by atoms with E-state index in [0.29, 0.717) is 18.6 Å². The SMILES string of the molecule is CC1(C)OCC(COc2ccc(Br)cc2C23CC4CC(CC(C4)C2)C3)O1. The fourth-order valence-corrected chi connectivity index (χ4v) is 6.87. The van der Waals surface area contributed by atoms with Crippen LogP contribution in [0, 0.1) is 17.8 Å². The van der Waals surface area contributed by atoms with Crippen molar-refractivity contribution < 1.29 is 14.2 Å². The Balaban J connectivity index is 1.40. The van der Waals surface area contributed by atoms with Crippen LogP contribution in [-0.4, -0.2) is 25.1 Å². The van der Waals surface area contributed by atoms with E-state index in [9.17, 15) is 0 Å². The molecule has 1 unspecified atom stereocenters. The molecule has 1 atom stereocenters. The molecule has 1 aromatic carbocycles. The van der Waals surface area contributed by atoms with Crippen molar-refractivity contribution in [3.8, 4) is 5.75 Å². The van der Waals surface area contributed by atoms with Crippen molar-refractivity contribution in [2.75, 3.05) is 13.2 Å². The summed E-state index contributed by atoms with van der Waals surface area (Å²) >= 11 is 3.71. The number of benzene rings is 1. The molecule has 1 heterocycles.